The molecule has 0 atom stereocenters. The van der Waals surface area contributed by atoms with Crippen LogP contribution in [-0.2, 0) is 26.2 Å². The fourth-order valence-electron chi connectivity index (χ4n) is 0.340. The summed E-state index contributed by atoms with van der Waals surface area (Å²) in [6, 6.07) is 0. The molecule has 0 N–H and O–H groups in total. The van der Waals surface area contributed by atoms with E-state index in [4.69, 9.17) is 0 Å². The Balaban J connectivity index is -0.0000000189. The predicted octanol–water partition coefficient (Wildman–Crippen LogP) is 3.49. The molecule has 0 aromatic carbocycles. The summed E-state index contributed by atoms with van der Waals surface area (Å²) in [6.07, 6.45) is 10.0. The molecule has 0 radical (unpaired) electrons. The van der Waals surface area contributed by atoms with Crippen LogP contribution in [0.15, 0.2) is 18.2 Å². The van der Waals surface area contributed by atoms with E-state index in [1.165, 1.54) is 0 Å². The maximum Gasteiger partial charge on any atom is 0 e. The first-order valence-corrected chi connectivity index (χ1v) is 2.42. The molecule has 11 heavy (non-hydrogen) atoms. The van der Waals surface area contributed by atoms with Gasteiger partial charge in [-0.05, 0) is 0 Å². The Hall–Kier alpha value is 0.363. The SMILES string of the molecule is [C-]1=CC=CC1.[CH2-]C.[CH3-].[CH3-].[CH3-].[Zr]. The number of allylic oxidation sites excluding steroid dienone is 4. The van der Waals surface area contributed by atoms with E-state index in [-0.39, 0.29) is 48.5 Å². The summed E-state index contributed by atoms with van der Waals surface area (Å²) in [4.78, 5) is 0. The van der Waals surface area contributed by atoms with Crippen molar-refractivity contribution in [3.05, 3.63) is 53.5 Å². The third-order valence-corrected chi connectivity index (χ3v) is 0.586. The molecule has 0 bridgehead atoms. The second kappa shape index (κ2) is 31.6. The minimum absolute atomic E-state index is 0. The van der Waals surface area contributed by atoms with E-state index in [0.717, 1.165) is 6.42 Å². The van der Waals surface area contributed by atoms with Crippen LogP contribution in [0.5, 0.6) is 0 Å². The van der Waals surface area contributed by atoms with Crippen molar-refractivity contribution in [1.82, 2.24) is 0 Å². The van der Waals surface area contributed by atoms with Crippen molar-refractivity contribution in [3.63, 3.8) is 0 Å². The monoisotopic (exact) mass is 229 g/mol. The summed E-state index contributed by atoms with van der Waals surface area (Å²) < 4.78 is 0. The van der Waals surface area contributed by atoms with E-state index < -0.39 is 0 Å². The van der Waals surface area contributed by atoms with E-state index in [1.54, 1.807) is 6.92 Å². The smallest absolute Gasteiger partial charge is 0 e. The average molecular weight is 230 g/mol. The largest absolute Gasteiger partial charge is 0.358 e. The van der Waals surface area contributed by atoms with Gasteiger partial charge in [-0.15, -0.1) is 6.42 Å². The summed E-state index contributed by atoms with van der Waals surface area (Å²) in [5.74, 6) is 0. The maximum atomic E-state index is 3.25. The number of hydrogen-bond donors (Lipinski definition) is 0. The fraction of sp³-hybridized carbons (Fsp3) is 0.200. The Bertz CT molecular complexity index is 62.9. The second-order valence-corrected chi connectivity index (χ2v) is 1.00. The van der Waals surface area contributed by atoms with Gasteiger partial charge in [-0.2, -0.15) is 13.0 Å². The molecule has 1 heteroatoms. The molecule has 0 heterocycles. The van der Waals surface area contributed by atoms with Crippen molar-refractivity contribution in [3.8, 4) is 0 Å². The zero-order valence-corrected chi connectivity index (χ0v) is 10.6. The van der Waals surface area contributed by atoms with Gasteiger partial charge in [-0.1, -0.05) is 0 Å². The molecule has 0 aromatic rings. The van der Waals surface area contributed by atoms with E-state index >= 15 is 0 Å². The summed E-state index contributed by atoms with van der Waals surface area (Å²) >= 11 is 0. The van der Waals surface area contributed by atoms with Crippen molar-refractivity contribution in [1.29, 1.82) is 0 Å². The van der Waals surface area contributed by atoms with Gasteiger partial charge in [-0.3, -0.25) is 6.08 Å². The molecule has 1 aliphatic carbocycles. The van der Waals surface area contributed by atoms with Crippen molar-refractivity contribution >= 4 is 0 Å². The summed E-state index contributed by atoms with van der Waals surface area (Å²) in [6.45, 7) is 5.00. The molecule has 0 saturated carbocycles. The Morgan fingerprint density at radius 2 is 1.64 bits per heavy atom. The third kappa shape index (κ3) is 25.2. The molecule has 1 rings (SSSR count). The molecule has 0 saturated heterocycles. The molecule has 0 spiro atoms. The molecular weight excluding hydrogens is 211 g/mol. The number of rotatable bonds is 0. The van der Waals surface area contributed by atoms with Crippen molar-refractivity contribution < 1.29 is 26.2 Å². The van der Waals surface area contributed by atoms with Gasteiger partial charge in [0.1, 0.15) is 0 Å². The Morgan fingerprint density at radius 3 is 1.73 bits per heavy atom. The Labute approximate surface area is 92.9 Å². The first-order chi connectivity index (χ1) is 3.50. The van der Waals surface area contributed by atoms with Crippen molar-refractivity contribution in [2.24, 2.45) is 0 Å². The minimum Gasteiger partial charge on any atom is -0.358 e. The molecule has 0 nitrogen and oxygen atoms in total. The van der Waals surface area contributed by atoms with Crippen LogP contribution >= 0.6 is 0 Å². The minimum atomic E-state index is 0. The van der Waals surface area contributed by atoms with Crippen LogP contribution in [0.2, 0.25) is 0 Å². The Kier molecular flexibility index (Phi) is 86.5. The zero-order valence-electron chi connectivity index (χ0n) is 8.15. The zero-order chi connectivity index (χ0) is 5.54. The van der Waals surface area contributed by atoms with E-state index in [0.29, 0.717) is 0 Å². The van der Waals surface area contributed by atoms with Crippen LogP contribution in [0.1, 0.15) is 13.3 Å². The van der Waals surface area contributed by atoms with Crippen LogP contribution < -0.4 is 0 Å². The molecule has 1 aliphatic rings. The summed E-state index contributed by atoms with van der Waals surface area (Å²) in [7, 11) is 0. The van der Waals surface area contributed by atoms with E-state index in [1.807, 2.05) is 12.2 Å². The van der Waals surface area contributed by atoms with Crippen molar-refractivity contribution in [2.75, 3.05) is 0 Å². The van der Waals surface area contributed by atoms with Gasteiger partial charge in [0, 0.05) is 26.2 Å². The first-order valence-electron chi connectivity index (χ1n) is 2.42. The predicted molar refractivity (Wildman–Crippen MR) is 51.8 cm³/mol. The van der Waals surface area contributed by atoms with Crippen LogP contribution in [-0.4, -0.2) is 0 Å². The number of hydrogen-bond acceptors (Lipinski definition) is 0. The second-order valence-electron chi connectivity index (χ2n) is 1.00. The normalized spacial score (nSPS) is 8.55. The standard InChI is InChI=1S/C5H5.C2H5.3CH3.Zr/c1-2-4-5-3-1;1-2;;;;/h1-3H,4H2;1H2,2H3;3*1H3;/q5*-1;. The van der Waals surface area contributed by atoms with Gasteiger partial charge in [-0.25, -0.2) is 12.2 Å². The first kappa shape index (κ1) is 30.1. The fourth-order valence-corrected chi connectivity index (χ4v) is 0.340. The topological polar surface area (TPSA) is 0 Å². The van der Waals surface area contributed by atoms with Gasteiger partial charge in [0.15, 0.2) is 0 Å². The molecule has 0 amide bonds. The van der Waals surface area contributed by atoms with E-state index in [2.05, 4.69) is 19.1 Å². The quantitative estimate of drug-likeness (QED) is 0.559. The van der Waals surface area contributed by atoms with Gasteiger partial charge >= 0.3 is 0 Å². The molecule has 68 valence electrons. The third-order valence-electron chi connectivity index (χ3n) is 0.586. The maximum absolute atomic E-state index is 3.25. The molecule has 0 aliphatic heterocycles. The van der Waals surface area contributed by atoms with Crippen LogP contribution in [0.4, 0.5) is 0 Å². The van der Waals surface area contributed by atoms with E-state index in [9.17, 15) is 0 Å². The average Bonchev–Trinajstić information content (AvgIpc) is 2.23. The van der Waals surface area contributed by atoms with Crippen molar-refractivity contribution in [2.45, 2.75) is 13.3 Å². The van der Waals surface area contributed by atoms with Gasteiger partial charge in [0.05, 0.1) is 0 Å². The van der Waals surface area contributed by atoms with Crippen LogP contribution in [0, 0.1) is 35.3 Å². The summed E-state index contributed by atoms with van der Waals surface area (Å²) in [5, 5.41) is 0. The van der Waals surface area contributed by atoms with Gasteiger partial charge in [0.25, 0.3) is 0 Å². The molecule has 0 unspecified atom stereocenters. The molecule has 0 fully saturated rings. The Morgan fingerprint density at radius 1 is 1.18 bits per heavy atom. The van der Waals surface area contributed by atoms with Gasteiger partial charge in [0.2, 0.25) is 0 Å². The molecule has 0 aromatic heterocycles. The summed E-state index contributed by atoms with van der Waals surface area (Å²) in [5.41, 5.74) is 0. The van der Waals surface area contributed by atoms with Crippen LogP contribution in [0.3, 0.4) is 0 Å². The molecular formula is C10H19Zr-5. The van der Waals surface area contributed by atoms with Crippen LogP contribution in [0.25, 0.3) is 0 Å². The van der Waals surface area contributed by atoms with Gasteiger partial charge < -0.3 is 29.2 Å².